The van der Waals surface area contributed by atoms with E-state index in [2.05, 4.69) is 0 Å². The molecule has 0 saturated heterocycles. The molecular formula is C16H35NO6P2. The fraction of sp³-hybridized carbons (Fsp3) is 1.00. The summed E-state index contributed by atoms with van der Waals surface area (Å²) in [6, 6.07) is 0.192. The van der Waals surface area contributed by atoms with Gasteiger partial charge >= 0.3 is 15.2 Å². The van der Waals surface area contributed by atoms with Crippen molar-refractivity contribution in [2.24, 2.45) is 0 Å². The van der Waals surface area contributed by atoms with Gasteiger partial charge in [0.05, 0.1) is 26.4 Å². The Bertz CT molecular complexity index is 404. The van der Waals surface area contributed by atoms with Gasteiger partial charge in [0.2, 0.25) is 0 Å². The first-order valence-electron chi connectivity index (χ1n) is 9.42. The van der Waals surface area contributed by atoms with Crippen molar-refractivity contribution >= 4 is 15.2 Å². The molecule has 0 atom stereocenters. The van der Waals surface area contributed by atoms with Crippen LogP contribution in [0.25, 0.3) is 0 Å². The summed E-state index contributed by atoms with van der Waals surface area (Å²) < 4.78 is 47.8. The van der Waals surface area contributed by atoms with Crippen LogP contribution < -0.4 is 0 Å². The van der Waals surface area contributed by atoms with E-state index in [1.54, 1.807) is 27.7 Å². The van der Waals surface area contributed by atoms with Crippen molar-refractivity contribution in [3.05, 3.63) is 0 Å². The molecule has 9 heteroatoms. The molecule has 0 heterocycles. The molecule has 0 unspecified atom stereocenters. The first-order valence-corrected chi connectivity index (χ1v) is 12.9. The van der Waals surface area contributed by atoms with Crippen molar-refractivity contribution in [1.82, 2.24) is 4.90 Å². The van der Waals surface area contributed by atoms with E-state index in [1.807, 2.05) is 4.90 Å². The predicted octanol–water partition coefficient (Wildman–Crippen LogP) is 5.07. The van der Waals surface area contributed by atoms with Gasteiger partial charge in [0.25, 0.3) is 0 Å². The largest absolute Gasteiger partial charge is 0.344 e. The van der Waals surface area contributed by atoms with Crippen LogP contribution >= 0.6 is 15.2 Å². The minimum atomic E-state index is -3.27. The van der Waals surface area contributed by atoms with Crippen molar-refractivity contribution < 1.29 is 27.2 Å². The molecule has 0 spiro atoms. The van der Waals surface area contributed by atoms with Crippen LogP contribution in [-0.2, 0) is 27.2 Å². The van der Waals surface area contributed by atoms with E-state index in [0.29, 0.717) is 26.4 Å². The van der Waals surface area contributed by atoms with E-state index in [-0.39, 0.29) is 18.6 Å². The highest BCUT2D eigenvalue weighted by Gasteiger charge is 2.37. The van der Waals surface area contributed by atoms with Crippen LogP contribution in [0.15, 0.2) is 0 Å². The fourth-order valence-electron chi connectivity index (χ4n) is 3.19. The number of hydrogen-bond donors (Lipinski definition) is 0. The number of nitrogens with zero attached hydrogens (tertiary/aromatic N) is 1. The Balaban J connectivity index is 2.98. The van der Waals surface area contributed by atoms with Crippen molar-refractivity contribution in [3.63, 3.8) is 0 Å². The molecule has 0 aromatic rings. The van der Waals surface area contributed by atoms with Crippen LogP contribution in [0.1, 0.15) is 59.8 Å². The molecule has 0 N–H and O–H groups in total. The molecule has 0 bridgehead atoms. The van der Waals surface area contributed by atoms with E-state index >= 15 is 0 Å². The van der Waals surface area contributed by atoms with Gasteiger partial charge in [0.1, 0.15) is 12.6 Å². The third-order valence-corrected chi connectivity index (χ3v) is 8.13. The fourth-order valence-corrected chi connectivity index (χ4v) is 6.95. The van der Waals surface area contributed by atoms with Gasteiger partial charge in [-0.3, -0.25) is 14.0 Å². The smallest absolute Gasteiger partial charge is 0.308 e. The maximum Gasteiger partial charge on any atom is 0.344 e. The standard InChI is InChI=1S/C16H35NO6P2/c1-5-20-24(18,21-6-2)14-17(16-12-10-9-11-13-16)15-25(19,22-7-3)23-8-4/h16H,5-15H2,1-4H3. The minimum Gasteiger partial charge on any atom is -0.308 e. The van der Waals surface area contributed by atoms with Crippen molar-refractivity contribution in [1.29, 1.82) is 0 Å². The topological polar surface area (TPSA) is 74.3 Å². The van der Waals surface area contributed by atoms with E-state index in [9.17, 15) is 9.13 Å². The van der Waals surface area contributed by atoms with Crippen LogP contribution in [0.5, 0.6) is 0 Å². The van der Waals surface area contributed by atoms with Crippen LogP contribution in [0.3, 0.4) is 0 Å². The van der Waals surface area contributed by atoms with Gasteiger partial charge in [0.15, 0.2) is 0 Å². The lowest BCUT2D eigenvalue weighted by molar-refractivity contribution is 0.145. The highest BCUT2D eigenvalue weighted by Crippen LogP contribution is 2.54. The van der Waals surface area contributed by atoms with Gasteiger partial charge in [0, 0.05) is 6.04 Å². The quantitative estimate of drug-likeness (QED) is 0.400. The molecule has 0 amide bonds. The molecule has 0 radical (unpaired) electrons. The van der Waals surface area contributed by atoms with Gasteiger partial charge in [-0.2, -0.15) is 0 Å². The van der Waals surface area contributed by atoms with E-state index < -0.39 is 15.2 Å². The Kier molecular flexibility index (Phi) is 11.1. The second-order valence-corrected chi connectivity index (χ2v) is 10.1. The summed E-state index contributed by atoms with van der Waals surface area (Å²) in [5, 5.41) is 0. The highest BCUT2D eigenvalue weighted by molar-refractivity contribution is 7.54. The average molecular weight is 399 g/mol. The monoisotopic (exact) mass is 399 g/mol. The molecular weight excluding hydrogens is 364 g/mol. The van der Waals surface area contributed by atoms with Gasteiger partial charge in [-0.05, 0) is 40.5 Å². The average Bonchev–Trinajstić information content (AvgIpc) is 2.56. The van der Waals surface area contributed by atoms with Crippen LogP contribution in [0, 0.1) is 0 Å². The van der Waals surface area contributed by atoms with Crippen LogP contribution in [0.2, 0.25) is 0 Å². The molecule has 1 fully saturated rings. The molecule has 0 aliphatic heterocycles. The van der Waals surface area contributed by atoms with Gasteiger partial charge in [-0.1, -0.05) is 19.3 Å². The molecule has 0 aromatic carbocycles. The molecule has 1 saturated carbocycles. The van der Waals surface area contributed by atoms with Crippen LogP contribution in [-0.4, -0.2) is 49.9 Å². The number of rotatable bonds is 13. The molecule has 1 aliphatic carbocycles. The summed E-state index contributed by atoms with van der Waals surface area (Å²) in [4.78, 5) is 1.96. The maximum atomic E-state index is 13.0. The lowest BCUT2D eigenvalue weighted by atomic mass is 9.95. The molecule has 0 aromatic heterocycles. The lowest BCUT2D eigenvalue weighted by Crippen LogP contribution is -2.39. The van der Waals surface area contributed by atoms with Crippen molar-refractivity contribution in [2.75, 3.05) is 39.0 Å². The second kappa shape index (κ2) is 11.9. The molecule has 25 heavy (non-hydrogen) atoms. The SMILES string of the molecule is CCOP(=O)(CN(CP(=O)(OCC)OCC)C1CCCCC1)OCC. The molecule has 150 valence electrons. The lowest BCUT2D eigenvalue weighted by Gasteiger charge is -2.37. The Morgan fingerprint density at radius 2 is 1.08 bits per heavy atom. The normalized spacial score (nSPS) is 17.3. The summed E-state index contributed by atoms with van der Waals surface area (Å²) in [6.07, 6.45) is 5.62. The Morgan fingerprint density at radius 1 is 0.720 bits per heavy atom. The number of hydrogen-bond acceptors (Lipinski definition) is 7. The zero-order valence-electron chi connectivity index (χ0n) is 16.1. The summed E-state index contributed by atoms with van der Waals surface area (Å²) in [5.41, 5.74) is 0. The summed E-state index contributed by atoms with van der Waals surface area (Å²) in [6.45, 7) is 8.41. The van der Waals surface area contributed by atoms with E-state index in [0.717, 1.165) is 25.7 Å². The first kappa shape index (κ1) is 23.3. The molecule has 7 nitrogen and oxygen atoms in total. The van der Waals surface area contributed by atoms with E-state index in [1.165, 1.54) is 6.42 Å². The van der Waals surface area contributed by atoms with Gasteiger partial charge < -0.3 is 18.1 Å². The highest BCUT2D eigenvalue weighted by atomic mass is 31.2. The first-order chi connectivity index (χ1) is 11.9. The van der Waals surface area contributed by atoms with Crippen molar-refractivity contribution in [3.8, 4) is 0 Å². The molecule has 1 aliphatic rings. The third-order valence-electron chi connectivity index (χ3n) is 4.10. The molecule has 1 rings (SSSR count). The third kappa shape index (κ3) is 8.21. The predicted molar refractivity (Wildman–Crippen MR) is 100 cm³/mol. The zero-order valence-corrected chi connectivity index (χ0v) is 17.9. The summed E-state index contributed by atoms with van der Waals surface area (Å²) >= 11 is 0. The Labute approximate surface area is 152 Å². The van der Waals surface area contributed by atoms with Gasteiger partial charge in [-0.25, -0.2) is 0 Å². The second-order valence-electron chi connectivity index (χ2n) is 6.06. The van der Waals surface area contributed by atoms with E-state index in [4.69, 9.17) is 18.1 Å². The minimum absolute atomic E-state index is 0.115. The zero-order chi connectivity index (χ0) is 18.8. The van der Waals surface area contributed by atoms with Crippen LogP contribution in [0.4, 0.5) is 0 Å². The summed E-state index contributed by atoms with van der Waals surface area (Å²) in [5.74, 6) is 0. The maximum absolute atomic E-state index is 13.0. The van der Waals surface area contributed by atoms with Gasteiger partial charge in [-0.15, -0.1) is 0 Å². The van der Waals surface area contributed by atoms with Crippen molar-refractivity contribution in [2.45, 2.75) is 65.8 Å². The Hall–Kier alpha value is 0.260. The summed E-state index contributed by atoms with van der Waals surface area (Å²) in [7, 11) is -6.54. The Morgan fingerprint density at radius 3 is 1.40 bits per heavy atom.